The van der Waals surface area contributed by atoms with E-state index in [1.54, 1.807) is 0 Å². The number of anilines is 1. The molecule has 2 nitrogen and oxygen atoms in total. The average molecular weight is 261 g/mol. The first-order valence-corrected chi connectivity index (χ1v) is 7.54. The summed E-state index contributed by atoms with van der Waals surface area (Å²) in [7, 11) is 0. The number of rotatable bonds is 3. The van der Waals surface area contributed by atoms with Crippen LogP contribution in [0.1, 0.15) is 63.5 Å². The number of benzene rings is 1. The van der Waals surface area contributed by atoms with E-state index in [9.17, 15) is 0 Å². The topological polar surface area (TPSA) is 35.2 Å². The molecule has 2 heteroatoms. The highest BCUT2D eigenvalue weighted by molar-refractivity contribution is 5.55. The highest BCUT2D eigenvalue weighted by Crippen LogP contribution is 2.34. The second kappa shape index (κ2) is 5.85. The van der Waals surface area contributed by atoms with E-state index in [4.69, 9.17) is 10.5 Å². The van der Waals surface area contributed by atoms with Crippen molar-refractivity contribution in [1.82, 2.24) is 0 Å². The van der Waals surface area contributed by atoms with Crippen molar-refractivity contribution in [2.45, 2.75) is 65.4 Å². The van der Waals surface area contributed by atoms with Gasteiger partial charge in [-0.25, -0.2) is 0 Å². The van der Waals surface area contributed by atoms with Crippen molar-refractivity contribution in [3.63, 3.8) is 0 Å². The summed E-state index contributed by atoms with van der Waals surface area (Å²) >= 11 is 0. The van der Waals surface area contributed by atoms with Gasteiger partial charge in [0.15, 0.2) is 0 Å². The molecule has 1 aromatic rings. The molecule has 0 spiro atoms. The summed E-state index contributed by atoms with van der Waals surface area (Å²) in [5.74, 6) is 2.35. The normalized spacial score (nSPS) is 23.6. The van der Waals surface area contributed by atoms with Crippen molar-refractivity contribution in [2.75, 3.05) is 5.73 Å². The van der Waals surface area contributed by atoms with Gasteiger partial charge in [0.1, 0.15) is 5.75 Å². The second-order valence-electron chi connectivity index (χ2n) is 6.40. The standard InChI is InChI=1S/C17H27NO/c1-11(2)15-10-16(18)13(4)9-17(15)19-14-7-5-12(3)6-8-14/h9-12,14H,5-8,18H2,1-4H3. The molecule has 1 aliphatic carbocycles. The number of nitrogens with two attached hydrogens (primary N) is 1. The molecule has 0 bridgehead atoms. The van der Waals surface area contributed by atoms with E-state index in [1.807, 2.05) is 0 Å². The summed E-state index contributed by atoms with van der Waals surface area (Å²) in [4.78, 5) is 0. The molecule has 1 aliphatic rings. The smallest absolute Gasteiger partial charge is 0.123 e. The number of nitrogen functional groups attached to an aromatic ring is 1. The van der Waals surface area contributed by atoms with Gasteiger partial charge >= 0.3 is 0 Å². The van der Waals surface area contributed by atoms with Crippen LogP contribution in [0, 0.1) is 12.8 Å². The molecule has 0 aliphatic heterocycles. The van der Waals surface area contributed by atoms with Crippen molar-refractivity contribution in [1.29, 1.82) is 0 Å². The third-order valence-electron chi connectivity index (χ3n) is 4.28. The second-order valence-corrected chi connectivity index (χ2v) is 6.40. The van der Waals surface area contributed by atoms with Gasteiger partial charge in [0.25, 0.3) is 0 Å². The van der Waals surface area contributed by atoms with E-state index in [2.05, 4.69) is 39.8 Å². The fourth-order valence-electron chi connectivity index (χ4n) is 2.80. The lowest BCUT2D eigenvalue weighted by atomic mass is 9.89. The summed E-state index contributed by atoms with van der Waals surface area (Å²) < 4.78 is 6.28. The van der Waals surface area contributed by atoms with E-state index >= 15 is 0 Å². The first-order valence-electron chi connectivity index (χ1n) is 7.54. The van der Waals surface area contributed by atoms with Gasteiger partial charge in [-0.15, -0.1) is 0 Å². The minimum atomic E-state index is 0.386. The van der Waals surface area contributed by atoms with Gasteiger partial charge in [0.2, 0.25) is 0 Å². The maximum Gasteiger partial charge on any atom is 0.123 e. The minimum absolute atomic E-state index is 0.386. The van der Waals surface area contributed by atoms with Crippen LogP contribution >= 0.6 is 0 Å². The predicted molar refractivity (Wildman–Crippen MR) is 81.7 cm³/mol. The summed E-state index contributed by atoms with van der Waals surface area (Å²) in [5.41, 5.74) is 9.24. The van der Waals surface area contributed by atoms with Crippen LogP contribution in [0.15, 0.2) is 12.1 Å². The molecule has 1 aromatic carbocycles. The SMILES string of the molecule is Cc1cc(OC2CCC(C)CC2)c(C(C)C)cc1N. The van der Waals surface area contributed by atoms with E-state index < -0.39 is 0 Å². The third kappa shape index (κ3) is 3.43. The lowest BCUT2D eigenvalue weighted by molar-refractivity contribution is 0.134. The Bertz CT molecular complexity index is 431. The number of hydrogen-bond acceptors (Lipinski definition) is 2. The molecule has 2 rings (SSSR count). The van der Waals surface area contributed by atoms with Gasteiger partial charge in [0, 0.05) is 5.69 Å². The van der Waals surface area contributed by atoms with Gasteiger partial charge in [-0.05, 0) is 67.7 Å². The molecule has 0 saturated heterocycles. The molecule has 2 N–H and O–H groups in total. The quantitative estimate of drug-likeness (QED) is 0.803. The minimum Gasteiger partial charge on any atom is -0.490 e. The molecule has 0 amide bonds. The molecular formula is C17H27NO. The van der Waals surface area contributed by atoms with Crippen LogP contribution in [0.5, 0.6) is 5.75 Å². The average Bonchev–Trinajstić information content (AvgIpc) is 2.36. The van der Waals surface area contributed by atoms with Crippen LogP contribution in [-0.4, -0.2) is 6.10 Å². The highest BCUT2D eigenvalue weighted by Gasteiger charge is 2.21. The predicted octanol–water partition coefficient (Wildman–Crippen LogP) is 4.66. The lowest BCUT2D eigenvalue weighted by Crippen LogP contribution is -2.23. The Labute approximate surface area is 117 Å². The summed E-state index contributed by atoms with van der Waals surface area (Å²) in [6.07, 6.45) is 5.33. The summed E-state index contributed by atoms with van der Waals surface area (Å²) in [5, 5.41) is 0. The molecular weight excluding hydrogens is 234 g/mol. The molecule has 0 radical (unpaired) electrons. The molecule has 1 saturated carbocycles. The maximum atomic E-state index is 6.28. The Morgan fingerprint density at radius 3 is 2.37 bits per heavy atom. The third-order valence-corrected chi connectivity index (χ3v) is 4.28. The Balaban J connectivity index is 2.17. The van der Waals surface area contributed by atoms with Gasteiger partial charge in [-0.1, -0.05) is 20.8 Å². The number of aryl methyl sites for hydroxylation is 1. The van der Waals surface area contributed by atoms with Gasteiger partial charge < -0.3 is 10.5 Å². The first-order chi connectivity index (χ1) is 8.97. The molecule has 19 heavy (non-hydrogen) atoms. The Morgan fingerprint density at radius 2 is 1.79 bits per heavy atom. The van der Waals surface area contributed by atoms with Crippen molar-refractivity contribution >= 4 is 5.69 Å². The Kier molecular flexibility index (Phi) is 4.38. The van der Waals surface area contributed by atoms with Crippen LogP contribution in [0.3, 0.4) is 0 Å². The lowest BCUT2D eigenvalue weighted by Gasteiger charge is -2.28. The Hall–Kier alpha value is -1.18. The van der Waals surface area contributed by atoms with E-state index in [1.165, 1.54) is 31.2 Å². The van der Waals surface area contributed by atoms with Crippen LogP contribution in [-0.2, 0) is 0 Å². The highest BCUT2D eigenvalue weighted by atomic mass is 16.5. The van der Waals surface area contributed by atoms with E-state index in [0.717, 1.165) is 22.9 Å². The molecule has 0 aromatic heterocycles. The fourth-order valence-corrected chi connectivity index (χ4v) is 2.80. The Morgan fingerprint density at radius 1 is 1.16 bits per heavy atom. The van der Waals surface area contributed by atoms with Crippen molar-refractivity contribution in [3.05, 3.63) is 23.3 Å². The zero-order valence-corrected chi connectivity index (χ0v) is 12.7. The summed E-state index contributed by atoms with van der Waals surface area (Å²) in [6.45, 7) is 8.78. The zero-order chi connectivity index (χ0) is 14.0. The molecule has 106 valence electrons. The van der Waals surface area contributed by atoms with E-state index in [-0.39, 0.29) is 0 Å². The molecule has 0 atom stereocenters. The van der Waals surface area contributed by atoms with Crippen molar-refractivity contribution in [2.24, 2.45) is 5.92 Å². The maximum absolute atomic E-state index is 6.28. The van der Waals surface area contributed by atoms with Gasteiger partial charge in [-0.3, -0.25) is 0 Å². The van der Waals surface area contributed by atoms with Crippen LogP contribution < -0.4 is 10.5 Å². The largest absolute Gasteiger partial charge is 0.490 e. The van der Waals surface area contributed by atoms with Gasteiger partial charge in [0.05, 0.1) is 6.10 Å². The molecule has 0 heterocycles. The molecule has 1 fully saturated rings. The van der Waals surface area contributed by atoms with Crippen LogP contribution in [0.25, 0.3) is 0 Å². The van der Waals surface area contributed by atoms with E-state index in [0.29, 0.717) is 12.0 Å². The van der Waals surface area contributed by atoms with Crippen molar-refractivity contribution < 1.29 is 4.74 Å². The number of ether oxygens (including phenoxy) is 1. The fraction of sp³-hybridized carbons (Fsp3) is 0.647. The summed E-state index contributed by atoms with van der Waals surface area (Å²) in [6, 6.07) is 4.20. The first kappa shape index (κ1) is 14.2. The van der Waals surface area contributed by atoms with Crippen LogP contribution in [0.4, 0.5) is 5.69 Å². The molecule has 0 unspecified atom stereocenters. The zero-order valence-electron chi connectivity index (χ0n) is 12.7. The van der Waals surface area contributed by atoms with Gasteiger partial charge in [-0.2, -0.15) is 0 Å². The monoisotopic (exact) mass is 261 g/mol. The van der Waals surface area contributed by atoms with Crippen molar-refractivity contribution in [3.8, 4) is 5.75 Å². The van der Waals surface area contributed by atoms with Crippen LogP contribution in [0.2, 0.25) is 0 Å². The number of hydrogen-bond donors (Lipinski definition) is 1.